The lowest BCUT2D eigenvalue weighted by molar-refractivity contribution is 0.624. The number of hydrogen-bond donors (Lipinski definition) is 1. The van der Waals surface area contributed by atoms with Crippen molar-refractivity contribution in [1.29, 1.82) is 0 Å². The van der Waals surface area contributed by atoms with Crippen LogP contribution in [0.15, 0.2) is 40.0 Å². The lowest BCUT2D eigenvalue weighted by Crippen LogP contribution is -2.13. The van der Waals surface area contributed by atoms with Crippen LogP contribution < -0.4 is 5.56 Å². The van der Waals surface area contributed by atoms with E-state index < -0.39 is 0 Å². The summed E-state index contributed by atoms with van der Waals surface area (Å²) in [6, 6.07) is 8.07. The van der Waals surface area contributed by atoms with Crippen LogP contribution in [0.1, 0.15) is 43.1 Å². The van der Waals surface area contributed by atoms with Crippen molar-refractivity contribution in [2.75, 3.05) is 0 Å². The van der Waals surface area contributed by atoms with Crippen molar-refractivity contribution in [1.82, 2.24) is 9.97 Å². The highest BCUT2D eigenvalue weighted by Gasteiger charge is 2.19. The number of thioether (sulfide) groups is 1. The molecule has 0 unspecified atom stereocenters. The van der Waals surface area contributed by atoms with Crippen LogP contribution >= 0.6 is 11.8 Å². The van der Waals surface area contributed by atoms with Gasteiger partial charge in [-0.15, -0.1) is 11.8 Å². The van der Waals surface area contributed by atoms with Crippen LogP contribution in [-0.2, 0) is 5.75 Å². The molecule has 3 nitrogen and oxygen atoms in total. The fourth-order valence-corrected chi connectivity index (χ4v) is 3.55. The largest absolute Gasteiger partial charge is 0.310 e. The summed E-state index contributed by atoms with van der Waals surface area (Å²) in [5, 5.41) is 0. The summed E-state index contributed by atoms with van der Waals surface area (Å²) in [4.78, 5) is 20.0. The fourth-order valence-electron chi connectivity index (χ4n) is 2.74. The molecule has 1 saturated carbocycles. The Hall–Kier alpha value is -1.62. The van der Waals surface area contributed by atoms with E-state index >= 15 is 0 Å². The summed E-state index contributed by atoms with van der Waals surface area (Å²) in [5.74, 6) is 1.38. The topological polar surface area (TPSA) is 45.8 Å². The molecule has 2 aromatic rings. The maximum Gasteiger partial charge on any atom is 0.251 e. The summed E-state index contributed by atoms with van der Waals surface area (Å²) in [6.45, 7) is 0. The molecular weight excluding hydrogens is 287 g/mol. The van der Waals surface area contributed by atoms with E-state index in [4.69, 9.17) is 0 Å². The van der Waals surface area contributed by atoms with Gasteiger partial charge in [-0.2, -0.15) is 0 Å². The number of benzene rings is 1. The van der Waals surface area contributed by atoms with Gasteiger partial charge in [0.15, 0.2) is 0 Å². The second-order valence-electron chi connectivity index (χ2n) is 5.34. The van der Waals surface area contributed by atoms with Gasteiger partial charge in [-0.3, -0.25) is 4.79 Å². The molecule has 110 valence electrons. The van der Waals surface area contributed by atoms with Crippen molar-refractivity contribution < 1.29 is 4.39 Å². The number of aromatic amines is 1. The average Bonchev–Trinajstić information content (AvgIpc) is 2.99. The Morgan fingerprint density at radius 1 is 1.29 bits per heavy atom. The molecule has 1 aliphatic rings. The first-order chi connectivity index (χ1) is 10.2. The molecule has 1 aromatic heterocycles. The van der Waals surface area contributed by atoms with Crippen LogP contribution in [-0.4, -0.2) is 9.97 Å². The number of H-pyrrole nitrogens is 1. The van der Waals surface area contributed by atoms with Gasteiger partial charge in [0.2, 0.25) is 0 Å². The third kappa shape index (κ3) is 3.73. The molecule has 0 radical (unpaired) electrons. The lowest BCUT2D eigenvalue weighted by atomic mass is 10.0. The lowest BCUT2D eigenvalue weighted by Gasteiger charge is -2.09. The van der Waals surface area contributed by atoms with Gasteiger partial charge >= 0.3 is 0 Å². The minimum Gasteiger partial charge on any atom is -0.310 e. The molecule has 0 saturated heterocycles. The van der Waals surface area contributed by atoms with E-state index in [1.165, 1.54) is 36.7 Å². The predicted octanol–water partition coefficient (Wildman–Crippen LogP) is 3.86. The van der Waals surface area contributed by atoms with Gasteiger partial charge in [-0.05, 0) is 31.0 Å². The average molecular weight is 304 g/mol. The third-order valence-electron chi connectivity index (χ3n) is 3.76. The van der Waals surface area contributed by atoms with Crippen molar-refractivity contribution in [3.05, 3.63) is 58.0 Å². The zero-order chi connectivity index (χ0) is 14.7. The highest BCUT2D eigenvalue weighted by molar-refractivity contribution is 7.98. The van der Waals surface area contributed by atoms with Crippen LogP contribution in [0.2, 0.25) is 0 Å². The first kappa shape index (κ1) is 14.3. The van der Waals surface area contributed by atoms with Gasteiger partial charge in [0.1, 0.15) is 11.6 Å². The fraction of sp³-hybridized carbons (Fsp3) is 0.375. The quantitative estimate of drug-likeness (QED) is 0.872. The molecule has 0 atom stereocenters. The van der Waals surface area contributed by atoms with Crippen molar-refractivity contribution in [3.8, 4) is 0 Å². The minimum absolute atomic E-state index is 0.0956. The molecule has 21 heavy (non-hydrogen) atoms. The van der Waals surface area contributed by atoms with E-state index in [1.807, 2.05) is 6.07 Å². The summed E-state index contributed by atoms with van der Waals surface area (Å²) in [5.41, 5.74) is 0.813. The number of rotatable bonds is 4. The predicted molar refractivity (Wildman–Crippen MR) is 82.0 cm³/mol. The Morgan fingerprint density at radius 3 is 2.86 bits per heavy atom. The molecule has 0 aliphatic heterocycles. The molecule has 0 amide bonds. The number of nitrogens with zero attached hydrogens (tertiary/aromatic N) is 1. The van der Waals surface area contributed by atoms with Crippen LogP contribution in [0.5, 0.6) is 0 Å². The molecule has 0 spiro atoms. The molecule has 1 heterocycles. The van der Waals surface area contributed by atoms with E-state index in [-0.39, 0.29) is 11.4 Å². The molecule has 1 aliphatic carbocycles. The molecule has 5 heteroatoms. The second kappa shape index (κ2) is 6.43. The third-order valence-corrected chi connectivity index (χ3v) is 4.76. The number of halogens is 1. The highest BCUT2D eigenvalue weighted by Crippen LogP contribution is 2.32. The van der Waals surface area contributed by atoms with Crippen molar-refractivity contribution >= 4 is 11.8 Å². The zero-order valence-corrected chi connectivity index (χ0v) is 12.5. The minimum atomic E-state index is -0.249. The van der Waals surface area contributed by atoms with E-state index in [2.05, 4.69) is 9.97 Å². The van der Waals surface area contributed by atoms with Gasteiger partial charge in [0.25, 0.3) is 5.56 Å². The Labute approximate surface area is 127 Å². The Bertz CT molecular complexity index is 680. The van der Waals surface area contributed by atoms with Gasteiger partial charge in [0.05, 0.1) is 11.4 Å². The zero-order valence-electron chi connectivity index (χ0n) is 11.6. The summed E-state index contributed by atoms with van der Waals surface area (Å²) in [7, 11) is 0. The Kier molecular flexibility index (Phi) is 4.39. The van der Waals surface area contributed by atoms with Gasteiger partial charge < -0.3 is 4.98 Å². The highest BCUT2D eigenvalue weighted by atomic mass is 32.2. The van der Waals surface area contributed by atoms with Gasteiger partial charge in [0, 0.05) is 16.9 Å². The first-order valence-corrected chi connectivity index (χ1v) is 8.18. The normalized spacial score (nSPS) is 15.5. The number of hydrogen-bond acceptors (Lipinski definition) is 3. The second-order valence-corrected chi connectivity index (χ2v) is 6.39. The molecular formula is C16H17FN2OS. The summed E-state index contributed by atoms with van der Waals surface area (Å²) in [6.07, 6.45) is 4.67. The molecule has 3 rings (SSSR count). The van der Waals surface area contributed by atoms with Crippen LogP contribution in [0.4, 0.5) is 4.39 Å². The maximum absolute atomic E-state index is 13.1. The molecule has 0 bridgehead atoms. The van der Waals surface area contributed by atoms with Crippen molar-refractivity contribution in [3.63, 3.8) is 0 Å². The smallest absolute Gasteiger partial charge is 0.251 e. The van der Waals surface area contributed by atoms with Gasteiger partial charge in [-0.25, -0.2) is 9.37 Å². The van der Waals surface area contributed by atoms with Gasteiger partial charge in [-0.1, -0.05) is 18.9 Å². The maximum atomic E-state index is 13.1. The van der Waals surface area contributed by atoms with E-state index in [1.54, 1.807) is 12.1 Å². The van der Waals surface area contributed by atoms with E-state index in [0.717, 1.165) is 23.4 Å². The van der Waals surface area contributed by atoms with Crippen LogP contribution in [0.25, 0.3) is 0 Å². The van der Waals surface area contributed by atoms with Crippen LogP contribution in [0.3, 0.4) is 0 Å². The van der Waals surface area contributed by atoms with E-state index in [9.17, 15) is 9.18 Å². The number of nitrogens with one attached hydrogen (secondary N) is 1. The molecule has 1 aromatic carbocycles. The van der Waals surface area contributed by atoms with Crippen LogP contribution in [0, 0.1) is 5.82 Å². The monoisotopic (exact) mass is 304 g/mol. The Morgan fingerprint density at radius 2 is 2.10 bits per heavy atom. The molecule has 1 fully saturated rings. The van der Waals surface area contributed by atoms with E-state index in [0.29, 0.717) is 17.5 Å². The summed E-state index contributed by atoms with van der Waals surface area (Å²) >= 11 is 1.47. The molecule has 1 N–H and O–H groups in total. The Balaban J connectivity index is 1.74. The first-order valence-electron chi connectivity index (χ1n) is 7.19. The standard InChI is InChI=1S/C16H17FN2OS/c17-12-6-3-7-13(8-12)21-10-15-18-14(9-16(20)19-15)11-4-1-2-5-11/h3,6-9,11H,1-2,4-5,10H2,(H,18,19,20). The van der Waals surface area contributed by atoms with Crippen molar-refractivity contribution in [2.24, 2.45) is 0 Å². The summed E-state index contributed by atoms with van der Waals surface area (Å²) < 4.78 is 13.1. The number of aromatic nitrogens is 2. The SMILES string of the molecule is O=c1cc(C2CCCC2)nc(CSc2cccc(F)c2)[nH]1. The van der Waals surface area contributed by atoms with Crippen molar-refractivity contribution in [2.45, 2.75) is 42.2 Å².